The van der Waals surface area contributed by atoms with E-state index in [1.807, 2.05) is 23.4 Å². The highest BCUT2D eigenvalue weighted by Crippen LogP contribution is 2.26. The zero-order valence-electron chi connectivity index (χ0n) is 20.1. The Kier molecular flexibility index (Phi) is 7.06. The number of pyridine rings is 1. The van der Waals surface area contributed by atoms with Crippen LogP contribution in [-0.4, -0.2) is 97.3 Å². The summed E-state index contributed by atoms with van der Waals surface area (Å²) in [6.07, 6.45) is 1.18. The summed E-state index contributed by atoms with van der Waals surface area (Å²) in [5, 5.41) is 0.202. The molecule has 0 atom stereocenters. The summed E-state index contributed by atoms with van der Waals surface area (Å²) in [7, 11) is 2.04. The molecule has 0 spiro atoms. The summed E-state index contributed by atoms with van der Waals surface area (Å²) < 4.78 is 22.0. The van der Waals surface area contributed by atoms with E-state index >= 15 is 4.39 Å². The predicted molar refractivity (Wildman–Crippen MR) is 128 cm³/mol. The Morgan fingerprint density at radius 3 is 2.24 bits per heavy atom. The molecule has 2 saturated heterocycles. The van der Waals surface area contributed by atoms with Crippen molar-refractivity contribution >= 4 is 28.6 Å². The lowest BCUT2D eigenvalue weighted by Crippen LogP contribution is -2.51. The maximum absolute atomic E-state index is 15.1. The van der Waals surface area contributed by atoms with Crippen molar-refractivity contribution in [2.75, 3.05) is 70.9 Å². The van der Waals surface area contributed by atoms with Gasteiger partial charge in [-0.05, 0) is 33.0 Å². The highest BCUT2D eigenvalue weighted by Gasteiger charge is 2.28. The normalized spacial score (nSPS) is 17.4. The molecule has 0 saturated carbocycles. The largest absolute Gasteiger partial charge is 0.450 e. The Hall–Kier alpha value is -3.14. The van der Waals surface area contributed by atoms with Gasteiger partial charge in [-0.15, -0.1) is 0 Å². The Morgan fingerprint density at radius 2 is 1.62 bits per heavy atom. The molecular weight excluding hydrogens is 441 g/mol. The number of aromatic nitrogens is 1. The first kappa shape index (κ1) is 24.0. The minimum atomic E-state index is -0.471. The van der Waals surface area contributed by atoms with Crippen LogP contribution in [0.1, 0.15) is 24.2 Å². The summed E-state index contributed by atoms with van der Waals surface area (Å²) in [5.41, 5.74) is 0.648. The third-order valence-corrected chi connectivity index (χ3v) is 6.66. The molecule has 0 N–H and O–H groups in total. The molecule has 9 nitrogen and oxygen atoms in total. The number of anilines is 1. The number of nitrogens with zero attached hydrogens (tertiary/aromatic N) is 5. The van der Waals surface area contributed by atoms with E-state index < -0.39 is 23.2 Å². The van der Waals surface area contributed by atoms with Gasteiger partial charge in [-0.3, -0.25) is 9.59 Å². The van der Waals surface area contributed by atoms with Crippen LogP contribution in [0.2, 0.25) is 0 Å². The molecule has 184 valence electrons. The van der Waals surface area contributed by atoms with Gasteiger partial charge in [0.1, 0.15) is 11.4 Å². The molecule has 2 fully saturated rings. The van der Waals surface area contributed by atoms with Crippen LogP contribution < -0.4 is 10.3 Å². The maximum Gasteiger partial charge on any atom is 0.409 e. The Morgan fingerprint density at radius 1 is 0.971 bits per heavy atom. The number of rotatable bonds is 4. The number of aryl methyl sites for hydroxylation is 1. The highest BCUT2D eigenvalue weighted by molar-refractivity contribution is 5.98. The van der Waals surface area contributed by atoms with Gasteiger partial charge >= 0.3 is 6.09 Å². The molecule has 0 bridgehead atoms. The van der Waals surface area contributed by atoms with Crippen molar-refractivity contribution in [1.82, 2.24) is 19.3 Å². The molecular formula is C24H32FN5O4. The van der Waals surface area contributed by atoms with E-state index in [1.54, 1.807) is 29.0 Å². The Balaban J connectivity index is 1.63. The van der Waals surface area contributed by atoms with Gasteiger partial charge in [0.25, 0.3) is 5.91 Å². The summed E-state index contributed by atoms with van der Waals surface area (Å²) in [6, 6.07) is 3.00. The fraction of sp³-hybridized carbons (Fsp3) is 0.542. The van der Waals surface area contributed by atoms with E-state index in [-0.39, 0.29) is 10.9 Å². The van der Waals surface area contributed by atoms with Gasteiger partial charge in [-0.25, -0.2) is 9.18 Å². The molecule has 3 heterocycles. The van der Waals surface area contributed by atoms with Crippen LogP contribution >= 0.6 is 0 Å². The third-order valence-electron chi connectivity index (χ3n) is 6.66. The Labute approximate surface area is 198 Å². The van der Waals surface area contributed by atoms with Crippen molar-refractivity contribution in [3.63, 3.8) is 0 Å². The van der Waals surface area contributed by atoms with Gasteiger partial charge in [0.2, 0.25) is 5.43 Å². The van der Waals surface area contributed by atoms with Gasteiger partial charge in [-0.1, -0.05) is 0 Å². The number of hydrogen-bond donors (Lipinski definition) is 0. The minimum Gasteiger partial charge on any atom is -0.450 e. The van der Waals surface area contributed by atoms with Gasteiger partial charge < -0.3 is 28.9 Å². The molecule has 2 aromatic rings. The third kappa shape index (κ3) is 4.59. The molecule has 0 aliphatic carbocycles. The predicted octanol–water partition coefficient (Wildman–Crippen LogP) is 1.83. The highest BCUT2D eigenvalue weighted by atomic mass is 19.1. The molecule has 34 heavy (non-hydrogen) atoms. The average Bonchev–Trinajstić information content (AvgIpc) is 2.85. The van der Waals surface area contributed by atoms with Gasteiger partial charge in [0, 0.05) is 70.5 Å². The molecule has 10 heteroatoms. The van der Waals surface area contributed by atoms with Crippen molar-refractivity contribution in [3.05, 3.63) is 39.9 Å². The lowest BCUT2D eigenvalue weighted by atomic mass is 10.1. The lowest BCUT2D eigenvalue weighted by Gasteiger charge is -2.34. The number of amides is 2. The van der Waals surface area contributed by atoms with E-state index in [0.717, 1.165) is 13.1 Å². The minimum absolute atomic E-state index is 0.0192. The van der Waals surface area contributed by atoms with Crippen molar-refractivity contribution in [3.8, 4) is 0 Å². The number of halogens is 1. The molecule has 2 aliphatic rings. The topological polar surface area (TPSA) is 78.3 Å². The average molecular weight is 474 g/mol. The zero-order chi connectivity index (χ0) is 24.4. The molecule has 2 amide bonds. The number of piperazine rings is 2. The van der Waals surface area contributed by atoms with Crippen LogP contribution in [0.15, 0.2) is 23.1 Å². The van der Waals surface area contributed by atoms with Crippen LogP contribution in [0.5, 0.6) is 0 Å². The van der Waals surface area contributed by atoms with E-state index in [4.69, 9.17) is 4.74 Å². The van der Waals surface area contributed by atoms with Crippen molar-refractivity contribution in [1.29, 1.82) is 0 Å². The summed E-state index contributed by atoms with van der Waals surface area (Å²) in [5.74, 6) is -0.856. The van der Waals surface area contributed by atoms with E-state index in [1.165, 1.54) is 6.07 Å². The Bertz CT molecular complexity index is 1130. The first-order valence-electron chi connectivity index (χ1n) is 11.8. The number of likely N-dealkylation sites (N-methyl/N-ethyl adjacent to an activating group) is 1. The molecule has 4 rings (SSSR count). The van der Waals surface area contributed by atoms with E-state index in [2.05, 4.69) is 4.90 Å². The number of fused-ring (bicyclic) bond motifs is 1. The second-order valence-electron chi connectivity index (χ2n) is 8.75. The summed E-state index contributed by atoms with van der Waals surface area (Å²) in [6.45, 7) is 8.88. The van der Waals surface area contributed by atoms with Crippen molar-refractivity contribution in [2.24, 2.45) is 0 Å². The van der Waals surface area contributed by atoms with Crippen LogP contribution in [0, 0.1) is 5.82 Å². The number of benzene rings is 1. The second-order valence-corrected chi connectivity index (χ2v) is 8.75. The van der Waals surface area contributed by atoms with E-state index in [9.17, 15) is 14.4 Å². The SMILES string of the molecule is CCOC(=O)N1CCN(C(=O)c2cn(CC)c3cc(N4CCN(C)CC4)c(F)cc3c2=O)CC1. The quantitative estimate of drug-likeness (QED) is 0.674. The first-order valence-corrected chi connectivity index (χ1v) is 11.8. The fourth-order valence-electron chi connectivity index (χ4n) is 4.58. The van der Waals surface area contributed by atoms with Gasteiger partial charge in [0.05, 0.1) is 17.8 Å². The number of ether oxygens (including phenoxy) is 1. The molecule has 0 radical (unpaired) electrons. The number of carbonyl (C=O) groups excluding carboxylic acids is 2. The fourth-order valence-corrected chi connectivity index (χ4v) is 4.58. The molecule has 2 aliphatic heterocycles. The molecule has 1 aromatic heterocycles. The maximum atomic E-state index is 15.1. The molecule has 0 unspecified atom stereocenters. The second kappa shape index (κ2) is 10.0. The monoisotopic (exact) mass is 473 g/mol. The van der Waals surface area contributed by atoms with Gasteiger partial charge in [0.15, 0.2) is 0 Å². The first-order chi connectivity index (χ1) is 16.3. The van der Waals surface area contributed by atoms with Crippen molar-refractivity contribution < 1.29 is 18.7 Å². The molecule has 1 aromatic carbocycles. The number of hydrogen-bond acceptors (Lipinski definition) is 6. The lowest BCUT2D eigenvalue weighted by molar-refractivity contribution is 0.0569. The van der Waals surface area contributed by atoms with Crippen LogP contribution in [0.25, 0.3) is 10.9 Å². The summed E-state index contributed by atoms with van der Waals surface area (Å²) >= 11 is 0. The number of carbonyl (C=O) groups is 2. The van der Waals surface area contributed by atoms with E-state index in [0.29, 0.717) is 63.6 Å². The van der Waals surface area contributed by atoms with Crippen LogP contribution in [0.3, 0.4) is 0 Å². The standard InChI is InChI=1S/C24H32FN5O4/c1-4-27-16-18(23(32)29-10-12-30(13-11-29)24(33)34-5-2)22(31)17-14-19(25)21(15-20(17)27)28-8-6-26(3)7-9-28/h14-16H,4-13H2,1-3H3. The van der Waals surface area contributed by atoms with Crippen molar-refractivity contribution in [2.45, 2.75) is 20.4 Å². The van der Waals surface area contributed by atoms with Crippen LogP contribution in [-0.2, 0) is 11.3 Å². The van der Waals surface area contributed by atoms with Crippen LogP contribution in [0.4, 0.5) is 14.9 Å². The van der Waals surface area contributed by atoms with Gasteiger partial charge in [-0.2, -0.15) is 0 Å². The smallest absolute Gasteiger partial charge is 0.409 e. The zero-order valence-corrected chi connectivity index (χ0v) is 20.1. The summed E-state index contributed by atoms with van der Waals surface area (Å²) in [4.78, 5) is 45.8.